The van der Waals surface area contributed by atoms with Crippen molar-refractivity contribution in [2.24, 2.45) is 0 Å². The Morgan fingerprint density at radius 3 is 2.36 bits per heavy atom. The van der Waals surface area contributed by atoms with Crippen LogP contribution in [0.25, 0.3) is 22.4 Å². The molecule has 0 aliphatic carbocycles. The molecule has 1 aromatic carbocycles. The number of anilines is 1. The van der Waals surface area contributed by atoms with Gasteiger partial charge in [-0.2, -0.15) is 5.10 Å². The molecule has 5 heteroatoms. The number of terminal acetylenes is 1. The maximum atomic E-state index is 5.47. The fourth-order valence-electron chi connectivity index (χ4n) is 3.18. The van der Waals surface area contributed by atoms with E-state index in [1.54, 1.807) is 0 Å². The quantitative estimate of drug-likeness (QED) is 0.725. The first-order valence-electron chi connectivity index (χ1n) is 8.38. The number of pyridine rings is 1. The Morgan fingerprint density at radius 2 is 1.68 bits per heavy atom. The van der Waals surface area contributed by atoms with Gasteiger partial charge in [-0.1, -0.05) is 18.1 Å². The normalized spacial score (nSPS) is 14.3. The van der Waals surface area contributed by atoms with Crippen LogP contribution in [0.2, 0.25) is 0 Å². The molecule has 2 aromatic heterocycles. The first kappa shape index (κ1) is 15.4. The van der Waals surface area contributed by atoms with Crippen molar-refractivity contribution in [2.45, 2.75) is 0 Å². The minimum atomic E-state index is 0.868. The lowest BCUT2D eigenvalue weighted by Crippen LogP contribution is -2.43. The summed E-state index contributed by atoms with van der Waals surface area (Å²) in [6.45, 7) is 3.85. The summed E-state index contributed by atoms with van der Waals surface area (Å²) in [6.07, 6.45) is 9.10. The molecule has 3 aromatic rings. The molecule has 4 rings (SSSR count). The number of piperazine rings is 1. The third kappa shape index (κ3) is 3.00. The van der Waals surface area contributed by atoms with E-state index in [1.807, 2.05) is 48.8 Å². The van der Waals surface area contributed by atoms with E-state index in [9.17, 15) is 0 Å². The number of hydrogen-bond acceptors (Lipinski definition) is 4. The van der Waals surface area contributed by atoms with Gasteiger partial charge in [-0.15, -0.1) is 6.42 Å². The Labute approximate surface area is 147 Å². The minimum Gasteiger partial charge on any atom is -0.354 e. The van der Waals surface area contributed by atoms with Gasteiger partial charge in [-0.3, -0.25) is 10.1 Å². The van der Waals surface area contributed by atoms with Crippen molar-refractivity contribution in [2.75, 3.05) is 31.1 Å². The number of H-pyrrole nitrogens is 1. The van der Waals surface area contributed by atoms with Crippen LogP contribution >= 0.6 is 0 Å². The summed E-state index contributed by atoms with van der Waals surface area (Å²) in [7, 11) is 0. The summed E-state index contributed by atoms with van der Waals surface area (Å²) >= 11 is 0. The standard InChI is InChI=1S/C20H19N5/c1-2-15-3-5-17(6-4-15)19-18(16-7-9-21-10-8-16)20(24-23-19)25-13-11-22-12-14-25/h1,3-10,22H,11-14H2,(H,23,24). The maximum Gasteiger partial charge on any atom is 0.132 e. The highest BCUT2D eigenvalue weighted by Gasteiger charge is 2.22. The number of aromatic nitrogens is 3. The van der Waals surface area contributed by atoms with E-state index < -0.39 is 0 Å². The molecule has 0 amide bonds. The first-order valence-corrected chi connectivity index (χ1v) is 8.38. The predicted octanol–water partition coefficient (Wildman–Crippen LogP) is 2.53. The lowest BCUT2D eigenvalue weighted by molar-refractivity contribution is 0.585. The number of nitrogens with zero attached hydrogens (tertiary/aromatic N) is 3. The SMILES string of the molecule is C#Cc1ccc(-c2n[nH]c(N3CCNCC3)c2-c2ccncc2)cc1. The van der Waals surface area contributed by atoms with Crippen molar-refractivity contribution >= 4 is 5.82 Å². The van der Waals surface area contributed by atoms with Gasteiger partial charge in [0.2, 0.25) is 0 Å². The highest BCUT2D eigenvalue weighted by molar-refractivity contribution is 5.89. The van der Waals surface area contributed by atoms with E-state index in [4.69, 9.17) is 6.42 Å². The smallest absolute Gasteiger partial charge is 0.132 e. The molecule has 0 saturated carbocycles. The lowest BCUT2D eigenvalue weighted by atomic mass is 10.0. The Kier molecular flexibility index (Phi) is 4.19. The number of hydrogen-bond donors (Lipinski definition) is 2. The maximum absolute atomic E-state index is 5.47. The molecule has 1 fully saturated rings. The van der Waals surface area contributed by atoms with Gasteiger partial charge >= 0.3 is 0 Å². The Balaban J connectivity index is 1.83. The third-order valence-corrected chi connectivity index (χ3v) is 4.47. The van der Waals surface area contributed by atoms with Gasteiger partial charge < -0.3 is 10.2 Å². The molecule has 0 bridgehead atoms. The van der Waals surface area contributed by atoms with E-state index in [0.29, 0.717) is 0 Å². The number of rotatable bonds is 3. The second-order valence-electron chi connectivity index (χ2n) is 5.99. The average molecular weight is 329 g/mol. The van der Waals surface area contributed by atoms with Crippen LogP contribution in [0.5, 0.6) is 0 Å². The van der Waals surface area contributed by atoms with Gasteiger partial charge in [-0.05, 0) is 29.8 Å². The van der Waals surface area contributed by atoms with Gasteiger partial charge in [0.05, 0.1) is 5.56 Å². The summed E-state index contributed by atoms with van der Waals surface area (Å²) in [5.41, 5.74) is 5.06. The molecule has 5 nitrogen and oxygen atoms in total. The summed E-state index contributed by atoms with van der Waals surface area (Å²) in [5, 5.41) is 11.3. The zero-order valence-electron chi connectivity index (χ0n) is 13.9. The highest BCUT2D eigenvalue weighted by atomic mass is 15.3. The van der Waals surface area contributed by atoms with Gasteiger partial charge in [0, 0.05) is 49.7 Å². The Bertz CT molecular complexity index is 884. The summed E-state index contributed by atoms with van der Waals surface area (Å²) < 4.78 is 0. The molecular weight excluding hydrogens is 310 g/mol. The van der Waals surface area contributed by atoms with Crippen molar-refractivity contribution < 1.29 is 0 Å². The minimum absolute atomic E-state index is 0.868. The molecule has 3 heterocycles. The molecule has 124 valence electrons. The predicted molar refractivity (Wildman–Crippen MR) is 100 cm³/mol. The third-order valence-electron chi connectivity index (χ3n) is 4.47. The summed E-state index contributed by atoms with van der Waals surface area (Å²) in [5.74, 6) is 3.72. The van der Waals surface area contributed by atoms with Gasteiger partial charge in [0.1, 0.15) is 11.5 Å². The van der Waals surface area contributed by atoms with Crippen LogP contribution < -0.4 is 10.2 Å². The van der Waals surface area contributed by atoms with Crippen molar-refractivity contribution in [1.29, 1.82) is 0 Å². The largest absolute Gasteiger partial charge is 0.354 e. The summed E-state index contributed by atoms with van der Waals surface area (Å²) in [6, 6.07) is 12.0. The molecule has 0 spiro atoms. The molecule has 2 N–H and O–H groups in total. The van der Waals surface area contributed by atoms with Crippen molar-refractivity contribution in [3.63, 3.8) is 0 Å². The average Bonchev–Trinajstić information content (AvgIpc) is 3.14. The van der Waals surface area contributed by atoms with E-state index in [-0.39, 0.29) is 0 Å². The fourth-order valence-corrected chi connectivity index (χ4v) is 3.18. The topological polar surface area (TPSA) is 56.8 Å². The Morgan fingerprint density at radius 1 is 0.960 bits per heavy atom. The molecule has 0 unspecified atom stereocenters. The van der Waals surface area contributed by atoms with Crippen LogP contribution in [0.1, 0.15) is 5.56 Å². The van der Waals surface area contributed by atoms with Crippen molar-refractivity contribution in [3.05, 3.63) is 54.4 Å². The van der Waals surface area contributed by atoms with Gasteiger partial charge in [-0.25, -0.2) is 0 Å². The van der Waals surface area contributed by atoms with Crippen LogP contribution in [0, 0.1) is 12.3 Å². The fraction of sp³-hybridized carbons (Fsp3) is 0.200. The number of aromatic amines is 1. The lowest BCUT2D eigenvalue weighted by Gasteiger charge is -2.29. The van der Waals surface area contributed by atoms with Crippen LogP contribution in [0.3, 0.4) is 0 Å². The van der Waals surface area contributed by atoms with Crippen molar-refractivity contribution in [1.82, 2.24) is 20.5 Å². The first-order chi connectivity index (χ1) is 12.4. The van der Waals surface area contributed by atoms with E-state index >= 15 is 0 Å². The zero-order chi connectivity index (χ0) is 17.1. The molecule has 25 heavy (non-hydrogen) atoms. The van der Waals surface area contributed by atoms with Crippen LogP contribution in [0.4, 0.5) is 5.82 Å². The van der Waals surface area contributed by atoms with Gasteiger partial charge in [0.15, 0.2) is 0 Å². The monoisotopic (exact) mass is 329 g/mol. The van der Waals surface area contributed by atoms with Crippen molar-refractivity contribution in [3.8, 4) is 34.7 Å². The van der Waals surface area contributed by atoms with E-state index in [1.165, 1.54) is 0 Å². The second-order valence-corrected chi connectivity index (χ2v) is 5.99. The number of benzene rings is 1. The van der Waals surface area contributed by atoms with Crippen LogP contribution in [-0.2, 0) is 0 Å². The summed E-state index contributed by atoms with van der Waals surface area (Å²) in [4.78, 5) is 6.49. The Hall–Kier alpha value is -3.10. The molecular formula is C20H19N5. The molecule has 0 radical (unpaired) electrons. The molecule has 0 atom stereocenters. The zero-order valence-corrected chi connectivity index (χ0v) is 13.9. The van der Waals surface area contributed by atoms with Crippen LogP contribution in [0.15, 0.2) is 48.8 Å². The molecule has 1 aliphatic heterocycles. The molecule has 1 aliphatic rings. The van der Waals surface area contributed by atoms with E-state index in [0.717, 1.165) is 59.9 Å². The van der Waals surface area contributed by atoms with E-state index in [2.05, 4.69) is 31.3 Å². The molecule has 1 saturated heterocycles. The van der Waals surface area contributed by atoms with Gasteiger partial charge in [0.25, 0.3) is 0 Å². The second kappa shape index (κ2) is 6.80. The van der Waals surface area contributed by atoms with Crippen LogP contribution in [-0.4, -0.2) is 41.4 Å². The number of nitrogens with one attached hydrogen (secondary N) is 2. The highest BCUT2D eigenvalue weighted by Crippen LogP contribution is 2.37.